The molecule has 8 nitrogen and oxygen atoms in total. The number of sulfone groups is 1. The zero-order valence-corrected chi connectivity index (χ0v) is 15.0. The van der Waals surface area contributed by atoms with Crippen LogP contribution >= 0.6 is 0 Å². The van der Waals surface area contributed by atoms with Gasteiger partial charge in [0.15, 0.2) is 9.84 Å². The van der Waals surface area contributed by atoms with Gasteiger partial charge in [-0.25, -0.2) is 13.1 Å². The molecule has 0 saturated carbocycles. The zero-order valence-electron chi connectivity index (χ0n) is 14.2. The molecular formula is C17H20N4O4S. The van der Waals surface area contributed by atoms with Gasteiger partial charge in [0, 0.05) is 19.5 Å². The lowest BCUT2D eigenvalue weighted by Gasteiger charge is -2.41. The highest BCUT2D eigenvalue weighted by molar-refractivity contribution is 7.91. The number of ether oxygens (including phenoxy) is 1. The Hall–Kier alpha value is -2.26. The average Bonchev–Trinajstić information content (AvgIpc) is 3.16. The molecule has 0 spiro atoms. The van der Waals surface area contributed by atoms with Crippen LogP contribution < -0.4 is 0 Å². The number of hydrogen-bond acceptors (Lipinski definition) is 6. The molecule has 0 unspecified atom stereocenters. The minimum absolute atomic E-state index is 0.0151. The smallest absolute Gasteiger partial charge is 0.223 e. The fourth-order valence-corrected chi connectivity index (χ4v) is 4.78. The van der Waals surface area contributed by atoms with E-state index in [4.69, 9.17) is 4.74 Å². The van der Waals surface area contributed by atoms with Gasteiger partial charge in [-0.1, -0.05) is 23.4 Å². The number of fused-ring (bicyclic) bond motifs is 3. The molecule has 4 rings (SSSR count). The number of carbonyl (C=O) groups excluding carboxylic acids is 1. The number of amides is 1. The van der Waals surface area contributed by atoms with Crippen LogP contribution in [0.4, 0.5) is 0 Å². The Balaban J connectivity index is 1.41. The van der Waals surface area contributed by atoms with Gasteiger partial charge >= 0.3 is 0 Å². The van der Waals surface area contributed by atoms with E-state index >= 15 is 0 Å². The molecule has 1 saturated heterocycles. The standard InChI is InChI=1S/C17H20N4O4S/c22-17(7-9-26(23,24)14-4-2-1-3-5-14)20-8-6-16-15(11-20)21-13(12-25-16)10-18-19-21/h1-5,10,15-16H,6-9,11-12H2/t15-,16+/m1/s1. The van der Waals surface area contributed by atoms with Crippen LogP contribution in [0.2, 0.25) is 0 Å². The van der Waals surface area contributed by atoms with Crippen molar-refractivity contribution in [2.75, 3.05) is 18.8 Å². The van der Waals surface area contributed by atoms with Crippen molar-refractivity contribution in [2.45, 2.75) is 36.5 Å². The normalized spacial score (nSPS) is 22.5. The van der Waals surface area contributed by atoms with E-state index < -0.39 is 9.84 Å². The Morgan fingerprint density at radius 1 is 1.27 bits per heavy atom. The average molecular weight is 376 g/mol. The van der Waals surface area contributed by atoms with E-state index in [2.05, 4.69) is 10.3 Å². The molecule has 9 heteroatoms. The van der Waals surface area contributed by atoms with Crippen molar-refractivity contribution in [2.24, 2.45) is 0 Å². The molecule has 26 heavy (non-hydrogen) atoms. The summed E-state index contributed by atoms with van der Waals surface area (Å²) in [5.74, 6) is -0.346. The van der Waals surface area contributed by atoms with Gasteiger partial charge in [0.2, 0.25) is 5.91 Å². The van der Waals surface area contributed by atoms with Crippen LogP contribution in [0, 0.1) is 0 Å². The number of likely N-dealkylation sites (tertiary alicyclic amines) is 1. The topological polar surface area (TPSA) is 94.4 Å². The van der Waals surface area contributed by atoms with Gasteiger partial charge in [0.1, 0.15) is 0 Å². The molecule has 2 atom stereocenters. The summed E-state index contributed by atoms with van der Waals surface area (Å²) in [6.07, 6.45) is 2.37. The van der Waals surface area contributed by atoms with Crippen molar-refractivity contribution in [3.8, 4) is 0 Å². The number of nitrogens with zero attached hydrogens (tertiary/aromatic N) is 4. The van der Waals surface area contributed by atoms with Crippen molar-refractivity contribution < 1.29 is 17.9 Å². The maximum atomic E-state index is 12.6. The number of hydrogen-bond donors (Lipinski definition) is 0. The molecular weight excluding hydrogens is 356 g/mol. The van der Waals surface area contributed by atoms with Crippen LogP contribution in [0.5, 0.6) is 0 Å². The molecule has 138 valence electrons. The van der Waals surface area contributed by atoms with Gasteiger partial charge in [-0.15, -0.1) is 5.10 Å². The largest absolute Gasteiger partial charge is 0.370 e. The van der Waals surface area contributed by atoms with Crippen molar-refractivity contribution in [3.63, 3.8) is 0 Å². The Morgan fingerprint density at radius 2 is 2.08 bits per heavy atom. The van der Waals surface area contributed by atoms with Crippen LogP contribution in [0.25, 0.3) is 0 Å². The summed E-state index contributed by atoms with van der Waals surface area (Å²) in [4.78, 5) is 14.5. The first kappa shape index (κ1) is 17.2. The first-order valence-electron chi connectivity index (χ1n) is 8.61. The van der Waals surface area contributed by atoms with E-state index in [0.717, 1.165) is 5.69 Å². The van der Waals surface area contributed by atoms with E-state index in [-0.39, 0.29) is 35.1 Å². The predicted octanol–water partition coefficient (Wildman–Crippen LogP) is 0.814. The number of rotatable bonds is 4. The SMILES string of the molecule is O=C(CCS(=O)(=O)c1ccccc1)N1CC[C@@H]2OCc3cnnn3[C@@H]2C1. The molecule has 2 aliphatic heterocycles. The summed E-state index contributed by atoms with van der Waals surface area (Å²) in [5, 5.41) is 8.03. The first-order valence-corrected chi connectivity index (χ1v) is 10.3. The van der Waals surface area contributed by atoms with Gasteiger partial charge in [-0.05, 0) is 18.6 Å². The Labute approximate surface area is 151 Å². The molecule has 3 heterocycles. The molecule has 1 fully saturated rings. The second-order valence-corrected chi connectivity index (χ2v) is 8.71. The fourth-order valence-electron chi connectivity index (χ4n) is 3.53. The molecule has 2 aliphatic rings. The third kappa shape index (κ3) is 3.24. The van der Waals surface area contributed by atoms with E-state index in [0.29, 0.717) is 26.1 Å². The predicted molar refractivity (Wildman–Crippen MR) is 91.9 cm³/mol. The van der Waals surface area contributed by atoms with Gasteiger partial charge in [0.25, 0.3) is 0 Å². The summed E-state index contributed by atoms with van der Waals surface area (Å²) < 4.78 is 32.4. The van der Waals surface area contributed by atoms with Crippen LogP contribution in [-0.4, -0.2) is 59.2 Å². The zero-order chi connectivity index (χ0) is 18.1. The minimum Gasteiger partial charge on any atom is -0.370 e. The molecule has 0 bridgehead atoms. The molecule has 0 radical (unpaired) electrons. The number of aromatic nitrogens is 3. The third-order valence-electron chi connectivity index (χ3n) is 4.97. The number of piperidine rings is 1. The Morgan fingerprint density at radius 3 is 2.88 bits per heavy atom. The lowest BCUT2D eigenvalue weighted by Crippen LogP contribution is -2.50. The summed E-state index contributed by atoms with van der Waals surface area (Å²) in [6, 6.07) is 8.16. The fraction of sp³-hybridized carbons (Fsp3) is 0.471. The second kappa shape index (κ2) is 6.81. The van der Waals surface area contributed by atoms with Gasteiger partial charge in [0.05, 0.1) is 41.3 Å². The van der Waals surface area contributed by atoms with Crippen molar-refractivity contribution in [1.82, 2.24) is 19.9 Å². The number of benzene rings is 1. The molecule has 2 aromatic rings. The van der Waals surface area contributed by atoms with Crippen LogP contribution in [0.3, 0.4) is 0 Å². The van der Waals surface area contributed by atoms with Gasteiger partial charge in [-0.3, -0.25) is 4.79 Å². The van der Waals surface area contributed by atoms with E-state index in [1.165, 1.54) is 0 Å². The minimum atomic E-state index is -3.46. The van der Waals surface area contributed by atoms with Crippen molar-refractivity contribution >= 4 is 15.7 Å². The molecule has 1 amide bonds. The molecule has 1 aromatic carbocycles. The Kier molecular flexibility index (Phi) is 4.49. The highest BCUT2D eigenvalue weighted by Crippen LogP contribution is 2.30. The highest BCUT2D eigenvalue weighted by Gasteiger charge is 2.37. The van der Waals surface area contributed by atoms with Crippen LogP contribution in [-0.2, 0) is 26.0 Å². The maximum absolute atomic E-state index is 12.6. The van der Waals surface area contributed by atoms with E-state index in [1.807, 2.05) is 4.68 Å². The lowest BCUT2D eigenvalue weighted by atomic mass is 10.00. The van der Waals surface area contributed by atoms with Crippen molar-refractivity contribution in [3.05, 3.63) is 42.2 Å². The summed E-state index contributed by atoms with van der Waals surface area (Å²) >= 11 is 0. The monoisotopic (exact) mass is 376 g/mol. The van der Waals surface area contributed by atoms with E-state index in [1.54, 1.807) is 41.4 Å². The first-order chi connectivity index (χ1) is 12.5. The highest BCUT2D eigenvalue weighted by atomic mass is 32.2. The molecule has 1 aromatic heterocycles. The van der Waals surface area contributed by atoms with Gasteiger partial charge < -0.3 is 9.64 Å². The molecule has 0 aliphatic carbocycles. The lowest BCUT2D eigenvalue weighted by molar-refractivity contribution is -0.137. The summed E-state index contributed by atoms with van der Waals surface area (Å²) in [7, 11) is -3.46. The third-order valence-corrected chi connectivity index (χ3v) is 6.70. The quantitative estimate of drug-likeness (QED) is 0.784. The van der Waals surface area contributed by atoms with Crippen molar-refractivity contribution in [1.29, 1.82) is 0 Å². The van der Waals surface area contributed by atoms with E-state index in [9.17, 15) is 13.2 Å². The number of carbonyl (C=O) groups is 1. The molecule has 0 N–H and O–H groups in total. The summed E-state index contributed by atoms with van der Waals surface area (Å²) in [5.41, 5.74) is 0.896. The van der Waals surface area contributed by atoms with Crippen LogP contribution in [0.15, 0.2) is 41.4 Å². The van der Waals surface area contributed by atoms with Crippen LogP contribution in [0.1, 0.15) is 24.6 Å². The summed E-state index contributed by atoms with van der Waals surface area (Å²) in [6.45, 7) is 1.51. The van der Waals surface area contributed by atoms with Gasteiger partial charge in [-0.2, -0.15) is 0 Å². The Bertz CT molecular complexity index is 896. The maximum Gasteiger partial charge on any atom is 0.223 e. The second-order valence-electron chi connectivity index (χ2n) is 6.60.